The average molecular weight is 504 g/mol. The highest BCUT2D eigenvalue weighted by atomic mass is 32.2. The molecule has 2 saturated heterocycles. The number of nitrogens with zero attached hydrogens (tertiary/aromatic N) is 5. The standard InChI is InChI=1S/C23H29N5O6S/c1-34-20-6-3-18(4-7-20)24-9-11-26(12-10-24)23(29)21-17-19(28(30)31)5-8-22(21)25-13-15-27(16-14-25)35(2,32)33/h3-8,17H,9-16H2,1-2H3. The number of anilines is 2. The molecular weight excluding hydrogens is 474 g/mol. The van der Waals surface area contributed by atoms with Crippen LogP contribution in [0.3, 0.4) is 0 Å². The van der Waals surface area contributed by atoms with Crippen LogP contribution in [-0.2, 0) is 10.0 Å². The third kappa shape index (κ3) is 5.49. The van der Waals surface area contributed by atoms with Gasteiger partial charge < -0.3 is 19.4 Å². The van der Waals surface area contributed by atoms with Gasteiger partial charge in [-0.1, -0.05) is 0 Å². The number of non-ortho nitro benzene ring substituents is 1. The number of ether oxygens (including phenoxy) is 1. The fraction of sp³-hybridized carbons (Fsp3) is 0.435. The molecule has 0 radical (unpaired) electrons. The van der Waals surface area contributed by atoms with E-state index in [-0.39, 0.29) is 17.2 Å². The summed E-state index contributed by atoms with van der Waals surface area (Å²) in [4.78, 5) is 30.3. The molecule has 12 heteroatoms. The lowest BCUT2D eigenvalue weighted by atomic mass is 10.1. The van der Waals surface area contributed by atoms with Crippen molar-refractivity contribution in [1.29, 1.82) is 0 Å². The van der Waals surface area contributed by atoms with Crippen LogP contribution >= 0.6 is 0 Å². The summed E-state index contributed by atoms with van der Waals surface area (Å²) in [7, 11) is -1.68. The van der Waals surface area contributed by atoms with E-state index in [0.717, 1.165) is 11.4 Å². The van der Waals surface area contributed by atoms with Crippen molar-refractivity contribution in [2.45, 2.75) is 0 Å². The molecule has 0 aromatic heterocycles. The van der Waals surface area contributed by atoms with Crippen LogP contribution in [0.15, 0.2) is 42.5 Å². The second-order valence-corrected chi connectivity index (χ2v) is 10.6. The Morgan fingerprint density at radius 1 is 0.914 bits per heavy atom. The maximum absolute atomic E-state index is 13.5. The monoisotopic (exact) mass is 503 g/mol. The van der Waals surface area contributed by atoms with E-state index < -0.39 is 14.9 Å². The van der Waals surface area contributed by atoms with E-state index in [1.54, 1.807) is 18.1 Å². The highest BCUT2D eigenvalue weighted by Crippen LogP contribution is 2.29. The van der Waals surface area contributed by atoms with Gasteiger partial charge >= 0.3 is 0 Å². The van der Waals surface area contributed by atoms with Gasteiger partial charge in [-0.2, -0.15) is 4.31 Å². The molecule has 188 valence electrons. The Hall–Kier alpha value is -3.38. The lowest BCUT2D eigenvalue weighted by Crippen LogP contribution is -2.50. The van der Waals surface area contributed by atoms with Gasteiger partial charge in [0.15, 0.2) is 0 Å². The Balaban J connectivity index is 1.50. The minimum atomic E-state index is -3.29. The number of amides is 1. The summed E-state index contributed by atoms with van der Waals surface area (Å²) in [5, 5.41) is 11.4. The molecular formula is C23H29N5O6S. The molecule has 2 aromatic carbocycles. The third-order valence-corrected chi connectivity index (χ3v) is 7.78. The highest BCUT2D eigenvalue weighted by Gasteiger charge is 2.30. The number of carbonyl (C=O) groups excluding carboxylic acids is 1. The predicted molar refractivity (Wildman–Crippen MR) is 133 cm³/mol. The van der Waals surface area contributed by atoms with Crippen LogP contribution in [0.5, 0.6) is 5.75 Å². The molecule has 0 bridgehead atoms. The van der Waals surface area contributed by atoms with E-state index in [9.17, 15) is 23.3 Å². The van der Waals surface area contributed by atoms with E-state index >= 15 is 0 Å². The van der Waals surface area contributed by atoms with Crippen molar-refractivity contribution < 1.29 is 22.9 Å². The summed E-state index contributed by atoms with van der Waals surface area (Å²) in [5.74, 6) is 0.516. The van der Waals surface area contributed by atoms with E-state index in [2.05, 4.69) is 4.90 Å². The summed E-state index contributed by atoms with van der Waals surface area (Å²) < 4.78 is 30.3. The second kappa shape index (κ2) is 10.1. The summed E-state index contributed by atoms with van der Waals surface area (Å²) in [5.41, 5.74) is 1.75. The number of rotatable bonds is 6. The van der Waals surface area contributed by atoms with Gasteiger partial charge in [0, 0.05) is 70.2 Å². The fourth-order valence-electron chi connectivity index (χ4n) is 4.48. The Bertz CT molecular complexity index is 1190. The van der Waals surface area contributed by atoms with Crippen molar-refractivity contribution in [3.63, 3.8) is 0 Å². The number of sulfonamides is 1. The molecule has 0 aliphatic carbocycles. The molecule has 2 aliphatic rings. The number of nitro benzene ring substituents is 1. The van der Waals surface area contributed by atoms with Crippen LogP contribution in [0.1, 0.15) is 10.4 Å². The van der Waals surface area contributed by atoms with E-state index in [1.807, 2.05) is 29.2 Å². The maximum Gasteiger partial charge on any atom is 0.270 e. The van der Waals surface area contributed by atoms with E-state index in [4.69, 9.17) is 4.74 Å². The van der Waals surface area contributed by atoms with Crippen LogP contribution in [0.25, 0.3) is 0 Å². The molecule has 2 heterocycles. The van der Waals surface area contributed by atoms with Gasteiger partial charge in [-0.15, -0.1) is 0 Å². The lowest BCUT2D eigenvalue weighted by Gasteiger charge is -2.38. The smallest absolute Gasteiger partial charge is 0.270 e. The van der Waals surface area contributed by atoms with Crippen LogP contribution < -0.4 is 14.5 Å². The number of hydrogen-bond donors (Lipinski definition) is 0. The van der Waals surface area contributed by atoms with Crippen LogP contribution in [-0.4, -0.2) is 94.2 Å². The molecule has 0 N–H and O–H groups in total. The van der Waals surface area contributed by atoms with Gasteiger partial charge in [0.05, 0.1) is 29.5 Å². The average Bonchev–Trinajstić information content (AvgIpc) is 2.87. The number of methoxy groups -OCH3 is 1. The van der Waals surface area contributed by atoms with Crippen molar-refractivity contribution in [1.82, 2.24) is 9.21 Å². The van der Waals surface area contributed by atoms with Gasteiger partial charge in [0.1, 0.15) is 5.75 Å². The minimum Gasteiger partial charge on any atom is -0.497 e. The fourth-order valence-corrected chi connectivity index (χ4v) is 5.30. The number of benzene rings is 2. The second-order valence-electron chi connectivity index (χ2n) is 8.58. The van der Waals surface area contributed by atoms with Crippen LogP contribution in [0.2, 0.25) is 0 Å². The van der Waals surface area contributed by atoms with Gasteiger partial charge in [-0.25, -0.2) is 8.42 Å². The highest BCUT2D eigenvalue weighted by molar-refractivity contribution is 7.88. The molecule has 2 fully saturated rings. The zero-order valence-electron chi connectivity index (χ0n) is 19.8. The maximum atomic E-state index is 13.5. The van der Waals surface area contributed by atoms with Crippen molar-refractivity contribution in [2.24, 2.45) is 0 Å². The first kappa shape index (κ1) is 24.7. The van der Waals surface area contributed by atoms with Crippen LogP contribution in [0.4, 0.5) is 17.1 Å². The quantitative estimate of drug-likeness (QED) is 0.432. The van der Waals surface area contributed by atoms with E-state index in [1.165, 1.54) is 22.7 Å². The lowest BCUT2D eigenvalue weighted by molar-refractivity contribution is -0.384. The Morgan fingerprint density at radius 3 is 2.06 bits per heavy atom. The van der Waals surface area contributed by atoms with Gasteiger partial charge in [0.2, 0.25) is 10.0 Å². The Labute approximate surface area is 204 Å². The molecule has 0 spiro atoms. The van der Waals surface area contributed by atoms with E-state index in [0.29, 0.717) is 58.0 Å². The zero-order valence-corrected chi connectivity index (χ0v) is 20.6. The summed E-state index contributed by atoms with van der Waals surface area (Å²) >= 11 is 0. The summed E-state index contributed by atoms with van der Waals surface area (Å²) in [6.45, 7) is 3.62. The number of nitro groups is 1. The normalized spacial score (nSPS) is 17.4. The predicted octanol–water partition coefficient (Wildman–Crippen LogP) is 1.65. The molecule has 1 amide bonds. The number of hydrogen-bond acceptors (Lipinski definition) is 8. The number of piperazine rings is 2. The Kier molecular flexibility index (Phi) is 7.13. The van der Waals surface area contributed by atoms with Crippen molar-refractivity contribution >= 4 is 33.0 Å². The van der Waals surface area contributed by atoms with Gasteiger partial charge in [-0.3, -0.25) is 14.9 Å². The molecule has 0 unspecified atom stereocenters. The molecule has 35 heavy (non-hydrogen) atoms. The minimum absolute atomic E-state index is 0.149. The molecule has 11 nitrogen and oxygen atoms in total. The van der Waals surface area contributed by atoms with Gasteiger partial charge in [0.25, 0.3) is 11.6 Å². The summed E-state index contributed by atoms with van der Waals surface area (Å²) in [6.07, 6.45) is 1.18. The Morgan fingerprint density at radius 2 is 1.51 bits per heavy atom. The molecule has 0 saturated carbocycles. The van der Waals surface area contributed by atoms with Crippen molar-refractivity contribution in [3.8, 4) is 5.75 Å². The molecule has 4 rings (SSSR count). The van der Waals surface area contributed by atoms with Gasteiger partial charge in [-0.05, 0) is 30.3 Å². The largest absolute Gasteiger partial charge is 0.497 e. The topological polar surface area (TPSA) is 117 Å². The molecule has 2 aliphatic heterocycles. The zero-order chi connectivity index (χ0) is 25.2. The molecule has 0 atom stereocenters. The van der Waals surface area contributed by atoms with Crippen molar-refractivity contribution in [2.75, 3.05) is 75.5 Å². The SMILES string of the molecule is COc1ccc(N2CCN(C(=O)c3cc([N+](=O)[O-])ccc3N3CCN(S(C)(=O)=O)CC3)CC2)cc1. The first-order valence-electron chi connectivity index (χ1n) is 11.3. The number of carbonyl (C=O) groups is 1. The van der Waals surface area contributed by atoms with Crippen molar-refractivity contribution in [3.05, 3.63) is 58.1 Å². The first-order chi connectivity index (χ1) is 16.7. The molecule has 2 aromatic rings. The summed E-state index contributed by atoms with van der Waals surface area (Å²) in [6, 6.07) is 12.1. The van der Waals surface area contributed by atoms with Crippen LogP contribution in [0, 0.1) is 10.1 Å². The third-order valence-electron chi connectivity index (χ3n) is 6.47. The first-order valence-corrected chi connectivity index (χ1v) is 13.2.